The molecule has 3 rings (SSSR count). The van der Waals surface area contributed by atoms with Gasteiger partial charge in [0.15, 0.2) is 15.8 Å². The Morgan fingerprint density at radius 3 is 2.44 bits per heavy atom. The number of hydrogen-bond acceptors (Lipinski definition) is 9. The number of hydrogen-bond donors (Lipinski definition) is 3. The molecular weight excluding hydrogens is 500 g/mol. The Morgan fingerprint density at radius 2 is 1.91 bits per heavy atom. The summed E-state index contributed by atoms with van der Waals surface area (Å²) < 4.78 is 59.5. The normalized spacial score (nSPS) is 17.9. The topological polar surface area (TPSA) is 141 Å². The Labute approximate surface area is 204 Å². The van der Waals surface area contributed by atoms with Gasteiger partial charge in [0, 0.05) is 18.5 Å². The first kappa shape index (κ1) is 26.3. The molecule has 0 bridgehead atoms. The summed E-state index contributed by atoms with van der Waals surface area (Å²) in [6.45, 7) is 11.6. The average molecular weight is 531 g/mol. The van der Waals surface area contributed by atoms with E-state index in [1.807, 2.05) is 33.8 Å². The van der Waals surface area contributed by atoms with Gasteiger partial charge in [-0.05, 0) is 31.4 Å². The predicted octanol–water partition coefficient (Wildman–Crippen LogP) is 3.68. The standard InChI is InChI=1S/C21H30N4O6S3/c1-7-25(8-2)34(29,30)21-19(26)15(10-32-21)22-16-11-33(27,28)24-20(16)23-18(12(3)4)17-9-13(5)14(6)31-17/h9-12,18,22,26H,7-8H2,1-6H3,(H,23,24)/t18-/m1/s1. The van der Waals surface area contributed by atoms with Gasteiger partial charge in [-0.25, -0.2) is 16.8 Å². The van der Waals surface area contributed by atoms with Gasteiger partial charge in [0.2, 0.25) is 0 Å². The highest BCUT2D eigenvalue weighted by molar-refractivity contribution is 7.93. The van der Waals surface area contributed by atoms with E-state index in [9.17, 15) is 21.9 Å². The zero-order valence-electron chi connectivity index (χ0n) is 19.9. The van der Waals surface area contributed by atoms with Crippen LogP contribution < -0.4 is 10.0 Å². The Bertz CT molecular complexity index is 1310. The molecule has 188 valence electrons. The van der Waals surface area contributed by atoms with E-state index < -0.39 is 31.8 Å². The van der Waals surface area contributed by atoms with Crippen LogP contribution >= 0.6 is 11.3 Å². The molecule has 0 aromatic carbocycles. The highest BCUT2D eigenvalue weighted by Crippen LogP contribution is 2.40. The SMILES string of the molecule is CCN(CC)S(=O)(=O)c1scc(NC2=CS(=O)(=O)NC2=N[C@@H](c2cc(C)c(C)o2)C(C)C)c1O. The Kier molecular flexibility index (Phi) is 7.51. The first-order valence-electron chi connectivity index (χ1n) is 10.8. The number of nitrogens with zero attached hydrogens (tertiary/aromatic N) is 2. The lowest BCUT2D eigenvalue weighted by Gasteiger charge is -2.17. The van der Waals surface area contributed by atoms with Crippen molar-refractivity contribution in [3.05, 3.63) is 39.6 Å². The summed E-state index contributed by atoms with van der Waals surface area (Å²) in [5, 5.41) is 15.9. The van der Waals surface area contributed by atoms with Gasteiger partial charge in [0.05, 0.1) is 16.8 Å². The average Bonchev–Trinajstić information content (AvgIpc) is 3.36. The van der Waals surface area contributed by atoms with Crippen LogP contribution in [-0.2, 0) is 20.0 Å². The number of aromatic hydroxyl groups is 1. The van der Waals surface area contributed by atoms with Crippen LogP contribution in [0.3, 0.4) is 0 Å². The van der Waals surface area contributed by atoms with Gasteiger partial charge >= 0.3 is 0 Å². The number of furan rings is 1. The summed E-state index contributed by atoms with van der Waals surface area (Å²) in [5.41, 5.74) is 1.12. The summed E-state index contributed by atoms with van der Waals surface area (Å²) in [5.74, 6) is 0.924. The molecular formula is C21H30N4O6S3. The van der Waals surface area contributed by atoms with Crippen molar-refractivity contribution in [2.45, 2.75) is 51.8 Å². The van der Waals surface area contributed by atoms with E-state index in [0.29, 0.717) is 5.76 Å². The Balaban J connectivity index is 1.98. The van der Waals surface area contributed by atoms with Crippen LogP contribution in [0.1, 0.15) is 50.8 Å². The molecule has 0 spiro atoms. The first-order chi connectivity index (χ1) is 15.8. The van der Waals surface area contributed by atoms with E-state index in [0.717, 1.165) is 28.1 Å². The van der Waals surface area contributed by atoms with Crippen molar-refractivity contribution in [2.75, 3.05) is 18.4 Å². The summed E-state index contributed by atoms with van der Waals surface area (Å²) in [6, 6.07) is 1.41. The number of sulfonamides is 2. The molecule has 3 heterocycles. The molecule has 0 fully saturated rings. The second-order valence-corrected chi connectivity index (χ2v) is 12.8. The number of nitrogens with one attached hydrogen (secondary N) is 2. The van der Waals surface area contributed by atoms with Gasteiger partial charge < -0.3 is 14.8 Å². The van der Waals surface area contributed by atoms with Crippen molar-refractivity contribution in [3.8, 4) is 5.75 Å². The van der Waals surface area contributed by atoms with Crippen LogP contribution in [0.15, 0.2) is 36.2 Å². The van der Waals surface area contributed by atoms with Crippen LogP contribution in [0.2, 0.25) is 0 Å². The minimum atomic E-state index is -3.88. The lowest BCUT2D eigenvalue weighted by molar-refractivity contribution is 0.392. The quantitative estimate of drug-likeness (QED) is 0.449. The van der Waals surface area contributed by atoms with E-state index in [1.54, 1.807) is 13.8 Å². The van der Waals surface area contributed by atoms with Crippen molar-refractivity contribution in [1.29, 1.82) is 0 Å². The smallest absolute Gasteiger partial charge is 0.258 e. The largest absolute Gasteiger partial charge is 0.504 e. The van der Waals surface area contributed by atoms with E-state index >= 15 is 0 Å². The van der Waals surface area contributed by atoms with E-state index in [4.69, 9.17) is 4.42 Å². The number of anilines is 1. The molecule has 0 amide bonds. The number of amidine groups is 1. The fourth-order valence-electron chi connectivity index (χ4n) is 3.47. The molecule has 2 aromatic heterocycles. The number of thiophene rings is 1. The summed E-state index contributed by atoms with van der Waals surface area (Å²) in [4.78, 5) is 4.61. The zero-order valence-corrected chi connectivity index (χ0v) is 22.4. The molecule has 10 nitrogen and oxygen atoms in total. The van der Waals surface area contributed by atoms with Crippen molar-refractivity contribution >= 4 is 42.9 Å². The van der Waals surface area contributed by atoms with Crippen molar-refractivity contribution in [3.63, 3.8) is 0 Å². The predicted molar refractivity (Wildman–Crippen MR) is 133 cm³/mol. The van der Waals surface area contributed by atoms with E-state index in [1.165, 1.54) is 9.69 Å². The number of aryl methyl sites for hydroxylation is 2. The molecule has 13 heteroatoms. The van der Waals surface area contributed by atoms with E-state index in [-0.39, 0.29) is 40.4 Å². The molecule has 2 aromatic rings. The maximum atomic E-state index is 12.8. The summed E-state index contributed by atoms with van der Waals surface area (Å²) in [7, 11) is -7.70. The molecule has 0 saturated heterocycles. The number of aliphatic imine (C=N–C) groups is 1. The monoisotopic (exact) mass is 530 g/mol. The fourth-order valence-corrected chi connectivity index (χ4v) is 7.28. The van der Waals surface area contributed by atoms with Crippen LogP contribution in [-0.4, -0.2) is 45.2 Å². The minimum absolute atomic E-state index is 0.0100. The maximum absolute atomic E-state index is 12.8. The highest BCUT2D eigenvalue weighted by Gasteiger charge is 2.32. The molecule has 1 atom stereocenters. The van der Waals surface area contributed by atoms with Crippen LogP contribution in [0.4, 0.5) is 5.69 Å². The van der Waals surface area contributed by atoms with E-state index in [2.05, 4.69) is 15.0 Å². The second-order valence-electron chi connectivity index (χ2n) is 8.23. The molecule has 0 unspecified atom stereocenters. The van der Waals surface area contributed by atoms with Crippen molar-refractivity contribution in [1.82, 2.24) is 9.03 Å². The van der Waals surface area contributed by atoms with Gasteiger partial charge in [-0.15, -0.1) is 11.3 Å². The molecule has 0 radical (unpaired) electrons. The third kappa shape index (κ3) is 5.16. The Hall–Kier alpha value is -2.35. The zero-order chi connectivity index (χ0) is 25.4. The highest BCUT2D eigenvalue weighted by atomic mass is 32.2. The van der Waals surface area contributed by atoms with Gasteiger partial charge in [-0.3, -0.25) is 9.71 Å². The van der Waals surface area contributed by atoms with Gasteiger partial charge in [0.25, 0.3) is 20.0 Å². The molecule has 0 saturated carbocycles. The fraction of sp³-hybridized carbons (Fsp3) is 0.476. The minimum Gasteiger partial charge on any atom is -0.504 e. The van der Waals surface area contributed by atoms with Gasteiger partial charge in [-0.1, -0.05) is 27.7 Å². The van der Waals surface area contributed by atoms with Gasteiger partial charge in [0.1, 0.15) is 17.6 Å². The number of rotatable bonds is 9. The third-order valence-corrected chi connectivity index (χ3v) is 9.99. The molecule has 3 N–H and O–H groups in total. The first-order valence-corrected chi connectivity index (χ1v) is 14.6. The summed E-state index contributed by atoms with van der Waals surface area (Å²) >= 11 is 0.853. The van der Waals surface area contributed by atoms with Crippen LogP contribution in [0.5, 0.6) is 5.75 Å². The third-order valence-electron chi connectivity index (χ3n) is 5.42. The molecule has 0 aliphatic carbocycles. The second kappa shape index (κ2) is 9.72. The van der Waals surface area contributed by atoms with Gasteiger partial charge in [-0.2, -0.15) is 4.31 Å². The molecule has 1 aliphatic rings. The lowest BCUT2D eigenvalue weighted by atomic mass is 10.0. The summed E-state index contributed by atoms with van der Waals surface area (Å²) in [6.07, 6.45) is 0. The molecule has 34 heavy (non-hydrogen) atoms. The van der Waals surface area contributed by atoms with Crippen molar-refractivity contribution < 1.29 is 26.4 Å². The Morgan fingerprint density at radius 1 is 1.26 bits per heavy atom. The molecule has 1 aliphatic heterocycles. The maximum Gasteiger partial charge on any atom is 0.258 e. The lowest BCUT2D eigenvalue weighted by Crippen LogP contribution is -2.30. The van der Waals surface area contributed by atoms with Crippen molar-refractivity contribution in [2.24, 2.45) is 10.9 Å². The van der Waals surface area contributed by atoms with Crippen LogP contribution in [0.25, 0.3) is 0 Å². The van der Waals surface area contributed by atoms with Crippen LogP contribution in [0, 0.1) is 19.8 Å².